The summed E-state index contributed by atoms with van der Waals surface area (Å²) >= 11 is 0. The van der Waals surface area contributed by atoms with E-state index in [1.54, 1.807) is 6.92 Å². The van der Waals surface area contributed by atoms with Gasteiger partial charge < -0.3 is 5.32 Å². The van der Waals surface area contributed by atoms with Gasteiger partial charge in [-0.3, -0.25) is 4.79 Å². The van der Waals surface area contributed by atoms with Gasteiger partial charge in [0, 0.05) is 11.6 Å². The van der Waals surface area contributed by atoms with Gasteiger partial charge in [-0.05, 0) is 17.7 Å². The molecule has 1 aromatic heterocycles. The summed E-state index contributed by atoms with van der Waals surface area (Å²) in [7, 11) is 0. The molecule has 0 saturated heterocycles. The Kier molecular flexibility index (Phi) is 4.92. The molecule has 0 aliphatic heterocycles. The van der Waals surface area contributed by atoms with Crippen molar-refractivity contribution < 1.29 is 35.5 Å². The Morgan fingerprint density at radius 3 is 2.12 bits per heavy atom. The molecule has 0 bridgehead atoms. The van der Waals surface area contributed by atoms with E-state index < -0.39 is 29.6 Å². The van der Waals surface area contributed by atoms with E-state index in [-0.39, 0.29) is 5.92 Å². The molecule has 2 aromatic rings. The number of hydrogen-bond donors (Lipinski definition) is 2. The second-order valence-corrected chi connectivity index (χ2v) is 5.21. The molecular formula is C13H10F7N5O. The third-order valence-corrected chi connectivity index (χ3v) is 3.45. The largest absolute Gasteiger partial charge is 0.460 e. The first kappa shape index (κ1) is 19.6. The minimum absolute atomic E-state index is 0.304. The van der Waals surface area contributed by atoms with Crippen LogP contribution in [0.1, 0.15) is 24.2 Å². The molecule has 0 spiro atoms. The number of carbonyl (C=O) groups excluding carboxylic acids is 1. The van der Waals surface area contributed by atoms with E-state index in [0.717, 1.165) is 12.1 Å². The summed E-state index contributed by atoms with van der Waals surface area (Å²) in [6.07, 6.45) is -6.59. The van der Waals surface area contributed by atoms with E-state index in [4.69, 9.17) is 0 Å². The summed E-state index contributed by atoms with van der Waals surface area (Å²) < 4.78 is 88.4. The third kappa shape index (κ3) is 3.46. The van der Waals surface area contributed by atoms with Gasteiger partial charge in [-0.15, -0.1) is 10.2 Å². The maximum absolute atomic E-state index is 13.3. The van der Waals surface area contributed by atoms with Crippen molar-refractivity contribution >= 4 is 11.6 Å². The highest BCUT2D eigenvalue weighted by atomic mass is 19.4. The normalized spacial score (nSPS) is 14.2. The molecule has 1 aromatic carbocycles. The molecule has 1 atom stereocenters. The zero-order valence-electron chi connectivity index (χ0n) is 12.8. The van der Waals surface area contributed by atoms with Crippen LogP contribution in [0.4, 0.5) is 36.4 Å². The van der Waals surface area contributed by atoms with Crippen molar-refractivity contribution in [2.24, 2.45) is 0 Å². The predicted octanol–water partition coefficient (Wildman–Crippen LogP) is 3.12. The van der Waals surface area contributed by atoms with Crippen LogP contribution in [0.25, 0.3) is 0 Å². The van der Waals surface area contributed by atoms with Crippen molar-refractivity contribution in [3.8, 4) is 0 Å². The lowest BCUT2D eigenvalue weighted by Crippen LogP contribution is -2.57. The fraction of sp³-hybridized carbons (Fsp3) is 0.385. The molecule has 0 saturated carbocycles. The number of aromatic nitrogens is 4. The lowest BCUT2D eigenvalue weighted by molar-refractivity contribution is -0.343. The Morgan fingerprint density at radius 1 is 1.08 bits per heavy atom. The Hall–Kier alpha value is -2.73. The van der Waals surface area contributed by atoms with Gasteiger partial charge in [0.25, 0.3) is 0 Å². The summed E-state index contributed by atoms with van der Waals surface area (Å²) in [5.74, 6) is -15.4. The minimum atomic E-state index is -6.59. The number of aromatic amines is 1. The van der Waals surface area contributed by atoms with Crippen LogP contribution in [-0.2, 0) is 4.79 Å². The number of hydrogen-bond acceptors (Lipinski definition) is 4. The summed E-state index contributed by atoms with van der Waals surface area (Å²) in [6, 6.07) is 4.78. The summed E-state index contributed by atoms with van der Waals surface area (Å²) in [6.45, 7) is 1.68. The van der Waals surface area contributed by atoms with E-state index in [0.29, 0.717) is 11.4 Å². The average Bonchev–Trinajstić information content (AvgIpc) is 3.08. The van der Waals surface area contributed by atoms with Gasteiger partial charge in [-0.2, -0.15) is 35.9 Å². The number of halogens is 7. The molecule has 1 heterocycles. The molecular weight excluding hydrogens is 375 g/mol. The van der Waals surface area contributed by atoms with Gasteiger partial charge in [0.1, 0.15) is 0 Å². The number of carbonyl (C=O) groups is 1. The first-order valence-electron chi connectivity index (χ1n) is 6.85. The van der Waals surface area contributed by atoms with Crippen LogP contribution < -0.4 is 5.32 Å². The number of benzene rings is 1. The van der Waals surface area contributed by atoms with Crippen molar-refractivity contribution in [2.45, 2.75) is 30.9 Å². The highest BCUT2D eigenvalue weighted by molar-refractivity contribution is 5.97. The standard InChI is InChI=1S/C13H10F7N5O/c1-6(9-22-24-25-23-9)7-2-4-8(5-3-7)21-10(26)11(14,15)12(16,17)13(18,19)20/h2-6H,1H3,(H,21,26)(H,22,23,24,25). The van der Waals surface area contributed by atoms with E-state index >= 15 is 0 Å². The predicted molar refractivity (Wildman–Crippen MR) is 72.7 cm³/mol. The van der Waals surface area contributed by atoms with E-state index in [1.807, 2.05) is 0 Å². The number of anilines is 1. The summed E-state index contributed by atoms with van der Waals surface area (Å²) in [5, 5.41) is 14.4. The SMILES string of the molecule is CC(c1ccc(NC(=O)C(F)(F)C(F)(F)C(F)(F)F)cc1)c1nn[nH]n1. The fourth-order valence-electron chi connectivity index (χ4n) is 1.89. The van der Waals surface area contributed by atoms with Gasteiger partial charge >= 0.3 is 23.9 Å². The number of nitrogens with one attached hydrogen (secondary N) is 2. The van der Waals surface area contributed by atoms with Gasteiger partial charge in [0.05, 0.1) is 0 Å². The molecule has 142 valence electrons. The molecule has 0 aliphatic rings. The van der Waals surface area contributed by atoms with Crippen molar-refractivity contribution in [1.82, 2.24) is 20.6 Å². The van der Waals surface area contributed by atoms with E-state index in [9.17, 15) is 35.5 Å². The van der Waals surface area contributed by atoms with E-state index in [1.165, 1.54) is 17.4 Å². The monoisotopic (exact) mass is 385 g/mol. The molecule has 2 rings (SSSR count). The molecule has 13 heteroatoms. The zero-order valence-corrected chi connectivity index (χ0v) is 12.8. The van der Waals surface area contributed by atoms with Crippen LogP contribution in [0.5, 0.6) is 0 Å². The second-order valence-electron chi connectivity index (χ2n) is 5.21. The van der Waals surface area contributed by atoms with Gasteiger partial charge in [0.2, 0.25) is 0 Å². The van der Waals surface area contributed by atoms with Crippen molar-refractivity contribution in [3.05, 3.63) is 35.7 Å². The lowest BCUT2D eigenvalue weighted by Gasteiger charge is -2.27. The maximum atomic E-state index is 13.3. The summed E-state index contributed by atoms with van der Waals surface area (Å²) in [4.78, 5) is 11.3. The first-order chi connectivity index (χ1) is 11.9. The highest BCUT2D eigenvalue weighted by Crippen LogP contribution is 2.46. The van der Waals surface area contributed by atoms with Crippen molar-refractivity contribution in [3.63, 3.8) is 0 Å². The zero-order chi connectivity index (χ0) is 19.8. The van der Waals surface area contributed by atoms with Crippen LogP contribution >= 0.6 is 0 Å². The van der Waals surface area contributed by atoms with Gasteiger partial charge in [-0.25, -0.2) is 0 Å². The average molecular weight is 385 g/mol. The Morgan fingerprint density at radius 2 is 1.65 bits per heavy atom. The Bertz CT molecular complexity index is 758. The minimum Gasteiger partial charge on any atom is -0.321 e. The highest BCUT2D eigenvalue weighted by Gasteiger charge is 2.76. The molecule has 26 heavy (non-hydrogen) atoms. The number of tetrazole rings is 1. The van der Waals surface area contributed by atoms with Crippen molar-refractivity contribution in [1.29, 1.82) is 0 Å². The molecule has 6 nitrogen and oxygen atoms in total. The van der Waals surface area contributed by atoms with Gasteiger partial charge in [0.15, 0.2) is 5.82 Å². The molecule has 0 radical (unpaired) electrons. The molecule has 1 unspecified atom stereocenters. The number of H-pyrrole nitrogens is 1. The van der Waals surface area contributed by atoms with Crippen molar-refractivity contribution in [2.75, 3.05) is 5.32 Å². The Labute approximate surface area is 140 Å². The smallest absolute Gasteiger partial charge is 0.321 e. The fourth-order valence-corrected chi connectivity index (χ4v) is 1.89. The number of rotatable bonds is 5. The number of alkyl halides is 7. The number of nitrogens with zero attached hydrogens (tertiary/aromatic N) is 3. The molecule has 0 fully saturated rings. The van der Waals surface area contributed by atoms with Gasteiger partial charge in [-0.1, -0.05) is 24.3 Å². The number of amides is 1. The third-order valence-electron chi connectivity index (χ3n) is 3.45. The van der Waals surface area contributed by atoms with Crippen LogP contribution in [0.2, 0.25) is 0 Å². The molecule has 0 aliphatic carbocycles. The van der Waals surface area contributed by atoms with Crippen LogP contribution in [0.3, 0.4) is 0 Å². The lowest BCUT2D eigenvalue weighted by atomic mass is 10.0. The topological polar surface area (TPSA) is 83.6 Å². The summed E-state index contributed by atoms with van der Waals surface area (Å²) in [5.41, 5.74) is 0.161. The van der Waals surface area contributed by atoms with E-state index in [2.05, 4.69) is 20.6 Å². The molecule has 1 amide bonds. The van der Waals surface area contributed by atoms with Crippen LogP contribution in [0, 0.1) is 0 Å². The second kappa shape index (κ2) is 6.53. The quantitative estimate of drug-likeness (QED) is 0.775. The Balaban J connectivity index is 2.15. The molecule has 2 N–H and O–H groups in total. The maximum Gasteiger partial charge on any atom is 0.460 e. The first-order valence-corrected chi connectivity index (χ1v) is 6.85. The van der Waals surface area contributed by atoms with Crippen LogP contribution in [0.15, 0.2) is 24.3 Å². The van der Waals surface area contributed by atoms with Crippen LogP contribution in [-0.4, -0.2) is 44.6 Å².